The number of ketones is 1. The van der Waals surface area contributed by atoms with E-state index in [0.29, 0.717) is 6.42 Å². The first kappa shape index (κ1) is 13.3. The van der Waals surface area contributed by atoms with E-state index >= 15 is 0 Å². The summed E-state index contributed by atoms with van der Waals surface area (Å²) in [5, 5.41) is 3.31. The summed E-state index contributed by atoms with van der Waals surface area (Å²) in [5.74, 6) is 2.81. The number of carbonyl (C=O) groups excluding carboxylic acids is 1. The summed E-state index contributed by atoms with van der Waals surface area (Å²) in [7, 11) is 0. The zero-order valence-corrected chi connectivity index (χ0v) is 10.3. The zero-order chi connectivity index (χ0) is 12.5. The molecule has 0 saturated heterocycles. The molecule has 2 heteroatoms. The molecule has 1 aromatic carbocycles. The SMILES string of the molecule is C#CCCCCNc1ccc(C(=O)CC)cc1. The maximum absolute atomic E-state index is 11.4. The van der Waals surface area contributed by atoms with Crippen LogP contribution >= 0.6 is 0 Å². The zero-order valence-electron chi connectivity index (χ0n) is 10.3. The third-order valence-corrected chi connectivity index (χ3v) is 2.61. The second-order valence-electron chi connectivity index (χ2n) is 3.94. The van der Waals surface area contributed by atoms with Crippen LogP contribution in [0.3, 0.4) is 0 Å². The molecule has 0 bridgehead atoms. The van der Waals surface area contributed by atoms with Gasteiger partial charge in [-0.2, -0.15) is 0 Å². The highest BCUT2D eigenvalue weighted by molar-refractivity contribution is 5.96. The van der Waals surface area contributed by atoms with E-state index in [9.17, 15) is 4.79 Å². The summed E-state index contributed by atoms with van der Waals surface area (Å²) < 4.78 is 0. The van der Waals surface area contributed by atoms with E-state index in [4.69, 9.17) is 6.42 Å². The minimum Gasteiger partial charge on any atom is -0.385 e. The molecule has 90 valence electrons. The van der Waals surface area contributed by atoms with Crippen molar-refractivity contribution in [3.8, 4) is 12.3 Å². The first-order valence-corrected chi connectivity index (χ1v) is 6.08. The van der Waals surface area contributed by atoms with Crippen LogP contribution in [-0.4, -0.2) is 12.3 Å². The highest BCUT2D eigenvalue weighted by atomic mass is 16.1. The van der Waals surface area contributed by atoms with Crippen LogP contribution in [0.4, 0.5) is 5.69 Å². The normalized spacial score (nSPS) is 9.65. The van der Waals surface area contributed by atoms with E-state index in [1.54, 1.807) is 0 Å². The van der Waals surface area contributed by atoms with Crippen LogP contribution in [-0.2, 0) is 0 Å². The summed E-state index contributed by atoms with van der Waals surface area (Å²) in [6, 6.07) is 7.64. The van der Waals surface area contributed by atoms with Crippen LogP contribution in [0, 0.1) is 12.3 Å². The minimum absolute atomic E-state index is 0.186. The van der Waals surface area contributed by atoms with E-state index in [1.807, 2.05) is 31.2 Å². The number of unbranched alkanes of at least 4 members (excludes halogenated alkanes) is 2. The van der Waals surface area contributed by atoms with Gasteiger partial charge in [-0.1, -0.05) is 6.92 Å². The highest BCUT2D eigenvalue weighted by Gasteiger charge is 2.01. The number of terminal acetylenes is 1. The minimum atomic E-state index is 0.186. The lowest BCUT2D eigenvalue weighted by Crippen LogP contribution is -2.02. The van der Waals surface area contributed by atoms with Crippen molar-refractivity contribution < 1.29 is 4.79 Å². The van der Waals surface area contributed by atoms with Crippen molar-refractivity contribution in [1.82, 2.24) is 0 Å². The van der Waals surface area contributed by atoms with Crippen LogP contribution in [0.2, 0.25) is 0 Å². The van der Waals surface area contributed by atoms with Gasteiger partial charge in [0.05, 0.1) is 0 Å². The summed E-state index contributed by atoms with van der Waals surface area (Å²) >= 11 is 0. The molecule has 0 unspecified atom stereocenters. The number of hydrogen-bond acceptors (Lipinski definition) is 2. The smallest absolute Gasteiger partial charge is 0.162 e. The van der Waals surface area contributed by atoms with Gasteiger partial charge >= 0.3 is 0 Å². The van der Waals surface area contributed by atoms with Crippen molar-refractivity contribution in [2.45, 2.75) is 32.6 Å². The molecule has 0 spiro atoms. The molecule has 0 amide bonds. The van der Waals surface area contributed by atoms with Gasteiger partial charge in [-0.05, 0) is 37.1 Å². The predicted octanol–water partition coefficient (Wildman–Crippen LogP) is 3.49. The first-order valence-electron chi connectivity index (χ1n) is 6.08. The highest BCUT2D eigenvalue weighted by Crippen LogP contribution is 2.11. The van der Waals surface area contributed by atoms with E-state index in [0.717, 1.165) is 37.1 Å². The monoisotopic (exact) mass is 229 g/mol. The Labute approximate surface area is 103 Å². The van der Waals surface area contributed by atoms with Gasteiger partial charge in [0.15, 0.2) is 5.78 Å². The second kappa shape index (κ2) is 7.51. The Hall–Kier alpha value is -1.75. The standard InChI is InChI=1S/C15H19NO/c1-3-5-6-7-12-16-14-10-8-13(9-11-14)15(17)4-2/h1,8-11,16H,4-7,12H2,2H3. The summed E-state index contributed by atoms with van der Waals surface area (Å²) in [5.41, 5.74) is 1.84. The fourth-order valence-corrected chi connectivity index (χ4v) is 1.56. The Balaban J connectivity index is 2.36. The molecule has 0 aliphatic carbocycles. The molecule has 1 aromatic rings. The lowest BCUT2D eigenvalue weighted by molar-refractivity contribution is 0.0988. The number of benzene rings is 1. The van der Waals surface area contributed by atoms with Crippen LogP contribution in [0.15, 0.2) is 24.3 Å². The molecule has 0 fully saturated rings. The Kier molecular flexibility index (Phi) is 5.88. The van der Waals surface area contributed by atoms with Crippen molar-refractivity contribution >= 4 is 11.5 Å². The van der Waals surface area contributed by atoms with Crippen molar-refractivity contribution in [3.63, 3.8) is 0 Å². The van der Waals surface area contributed by atoms with Crippen molar-refractivity contribution in [1.29, 1.82) is 0 Å². The van der Waals surface area contributed by atoms with Crippen molar-refractivity contribution in [2.24, 2.45) is 0 Å². The Bertz CT molecular complexity index is 386. The summed E-state index contributed by atoms with van der Waals surface area (Å²) in [4.78, 5) is 11.4. The molecule has 0 aliphatic rings. The lowest BCUT2D eigenvalue weighted by atomic mass is 10.1. The fourth-order valence-electron chi connectivity index (χ4n) is 1.56. The van der Waals surface area contributed by atoms with Gasteiger partial charge in [-0.3, -0.25) is 4.79 Å². The van der Waals surface area contributed by atoms with E-state index < -0.39 is 0 Å². The van der Waals surface area contributed by atoms with Crippen LogP contribution in [0.1, 0.15) is 43.0 Å². The molecule has 0 aromatic heterocycles. The van der Waals surface area contributed by atoms with Gasteiger partial charge in [0.1, 0.15) is 0 Å². The van der Waals surface area contributed by atoms with Gasteiger partial charge in [0.2, 0.25) is 0 Å². The molecule has 0 atom stereocenters. The summed E-state index contributed by atoms with van der Waals surface area (Å²) in [6.07, 6.45) is 8.69. The first-order chi connectivity index (χ1) is 8.27. The average molecular weight is 229 g/mol. The average Bonchev–Trinajstić information content (AvgIpc) is 2.38. The third-order valence-electron chi connectivity index (χ3n) is 2.61. The van der Waals surface area contributed by atoms with Gasteiger partial charge in [0, 0.05) is 30.6 Å². The van der Waals surface area contributed by atoms with Gasteiger partial charge in [-0.15, -0.1) is 12.3 Å². The number of rotatable bonds is 7. The summed E-state index contributed by atoms with van der Waals surface area (Å²) in [6.45, 7) is 2.79. The van der Waals surface area contributed by atoms with E-state index in [1.165, 1.54) is 0 Å². The Morgan fingerprint density at radius 2 is 2.00 bits per heavy atom. The number of nitrogens with one attached hydrogen (secondary N) is 1. The predicted molar refractivity (Wildman–Crippen MR) is 72.2 cm³/mol. The molecule has 0 heterocycles. The number of Topliss-reactive ketones (excluding diaryl/α,β-unsaturated/α-hetero) is 1. The topological polar surface area (TPSA) is 29.1 Å². The third kappa shape index (κ3) is 4.74. The van der Waals surface area contributed by atoms with Gasteiger partial charge < -0.3 is 5.32 Å². The maximum atomic E-state index is 11.4. The fraction of sp³-hybridized carbons (Fsp3) is 0.400. The van der Waals surface area contributed by atoms with Crippen LogP contribution in [0.25, 0.3) is 0 Å². The number of carbonyl (C=O) groups is 1. The lowest BCUT2D eigenvalue weighted by Gasteiger charge is -2.06. The quantitative estimate of drug-likeness (QED) is 0.440. The Morgan fingerprint density at radius 3 is 2.59 bits per heavy atom. The second-order valence-corrected chi connectivity index (χ2v) is 3.94. The molecule has 2 nitrogen and oxygen atoms in total. The Morgan fingerprint density at radius 1 is 1.29 bits per heavy atom. The number of hydrogen-bond donors (Lipinski definition) is 1. The molecule has 0 radical (unpaired) electrons. The van der Waals surface area contributed by atoms with E-state index in [-0.39, 0.29) is 5.78 Å². The molecule has 1 N–H and O–H groups in total. The molecule has 0 saturated carbocycles. The largest absolute Gasteiger partial charge is 0.385 e. The van der Waals surface area contributed by atoms with E-state index in [2.05, 4.69) is 11.2 Å². The van der Waals surface area contributed by atoms with Gasteiger partial charge in [0.25, 0.3) is 0 Å². The van der Waals surface area contributed by atoms with Crippen molar-refractivity contribution in [2.75, 3.05) is 11.9 Å². The molecule has 17 heavy (non-hydrogen) atoms. The van der Waals surface area contributed by atoms with Crippen molar-refractivity contribution in [3.05, 3.63) is 29.8 Å². The molecular formula is C15H19NO. The molecule has 0 aliphatic heterocycles. The van der Waals surface area contributed by atoms with Crippen LogP contribution < -0.4 is 5.32 Å². The van der Waals surface area contributed by atoms with Gasteiger partial charge in [-0.25, -0.2) is 0 Å². The molecule has 1 rings (SSSR count). The maximum Gasteiger partial charge on any atom is 0.162 e. The molecular weight excluding hydrogens is 210 g/mol. The number of anilines is 1. The van der Waals surface area contributed by atoms with Crippen LogP contribution in [0.5, 0.6) is 0 Å².